The maximum absolute atomic E-state index is 12.6. The SMILES string of the molecule is CC/C=C\C/C=C\C/C=C\CCCCCCCC(=O)OC(COCCCCCCCCCC/C=C\C/C=C\CCCCC)COP(=O)(O)OCCN. The quantitative estimate of drug-likeness (QED) is 0.0276. The Morgan fingerprint density at radius 2 is 1.08 bits per heavy atom. The van der Waals surface area contributed by atoms with E-state index in [0.29, 0.717) is 13.0 Å². The van der Waals surface area contributed by atoms with E-state index < -0.39 is 13.9 Å². The molecule has 0 aliphatic heterocycles. The molecule has 0 aromatic rings. The fraction of sp³-hybridized carbons (Fsp3) is 0.744. The van der Waals surface area contributed by atoms with Gasteiger partial charge in [-0.1, -0.05) is 145 Å². The smallest absolute Gasteiger partial charge is 0.457 e. The normalized spacial score (nSPS) is 14.2. The molecule has 0 aliphatic carbocycles. The van der Waals surface area contributed by atoms with E-state index in [1.807, 2.05) is 0 Å². The topological polar surface area (TPSA) is 117 Å². The van der Waals surface area contributed by atoms with Gasteiger partial charge in [0.15, 0.2) is 0 Å². The van der Waals surface area contributed by atoms with Gasteiger partial charge in [-0.3, -0.25) is 13.8 Å². The predicted molar refractivity (Wildman–Crippen MR) is 219 cm³/mol. The zero-order chi connectivity index (χ0) is 38.1. The lowest BCUT2D eigenvalue weighted by Gasteiger charge is -2.20. The van der Waals surface area contributed by atoms with E-state index in [-0.39, 0.29) is 32.3 Å². The molecule has 0 fully saturated rings. The van der Waals surface area contributed by atoms with Crippen molar-refractivity contribution in [1.82, 2.24) is 0 Å². The summed E-state index contributed by atoms with van der Waals surface area (Å²) in [6.07, 6.45) is 48.0. The summed E-state index contributed by atoms with van der Waals surface area (Å²) in [5, 5.41) is 0. The molecule has 0 amide bonds. The van der Waals surface area contributed by atoms with Crippen molar-refractivity contribution in [3.8, 4) is 0 Å². The monoisotopic (exact) mass is 752 g/mol. The fourth-order valence-corrected chi connectivity index (χ4v) is 6.16. The molecule has 9 heteroatoms. The third-order valence-electron chi connectivity index (χ3n) is 8.42. The number of ether oxygens (including phenoxy) is 2. The van der Waals surface area contributed by atoms with Crippen LogP contribution in [0.25, 0.3) is 0 Å². The second-order valence-electron chi connectivity index (χ2n) is 13.5. The Morgan fingerprint density at radius 1 is 0.596 bits per heavy atom. The van der Waals surface area contributed by atoms with E-state index in [1.54, 1.807) is 0 Å². The van der Waals surface area contributed by atoms with Crippen molar-refractivity contribution in [1.29, 1.82) is 0 Å². The summed E-state index contributed by atoms with van der Waals surface area (Å²) in [7, 11) is -4.28. The van der Waals surface area contributed by atoms with E-state index in [2.05, 4.69) is 74.6 Å². The summed E-state index contributed by atoms with van der Waals surface area (Å²) in [6, 6.07) is 0. The van der Waals surface area contributed by atoms with E-state index in [9.17, 15) is 14.3 Å². The van der Waals surface area contributed by atoms with Gasteiger partial charge in [-0.05, 0) is 77.0 Å². The molecule has 0 aromatic heterocycles. The number of carbonyl (C=O) groups is 1. The Balaban J connectivity index is 4.09. The Labute approximate surface area is 319 Å². The van der Waals surface area contributed by atoms with Crippen LogP contribution in [0.4, 0.5) is 0 Å². The number of unbranched alkanes of at least 4 members (excludes halogenated alkanes) is 16. The van der Waals surface area contributed by atoms with Crippen molar-refractivity contribution in [2.45, 2.75) is 174 Å². The van der Waals surface area contributed by atoms with Crippen LogP contribution in [0.5, 0.6) is 0 Å². The molecule has 302 valence electrons. The standard InChI is InChI=1S/C43H78NO7P/c1-3-5-7-9-11-13-15-17-19-20-21-23-25-27-29-31-33-35-38-48-40-42(41-50-52(46,47)49-39-37-44)51-43(45)36-34-32-30-28-26-24-22-18-16-14-12-10-8-6-4-2/h6,8,11-14,17-19,22,42H,3-5,7,9-10,15-16,20-21,23-41,44H2,1-2H3,(H,46,47)/b8-6-,13-11-,14-12-,19-17-,22-18-. The van der Waals surface area contributed by atoms with Gasteiger partial charge in [-0.2, -0.15) is 0 Å². The molecule has 2 atom stereocenters. The Bertz CT molecular complexity index is 979. The van der Waals surface area contributed by atoms with Crippen molar-refractivity contribution in [2.24, 2.45) is 5.73 Å². The average Bonchev–Trinajstić information content (AvgIpc) is 3.13. The van der Waals surface area contributed by atoms with Crippen LogP contribution < -0.4 is 5.73 Å². The summed E-state index contributed by atoms with van der Waals surface area (Å²) < 4.78 is 33.4. The van der Waals surface area contributed by atoms with Crippen molar-refractivity contribution in [3.05, 3.63) is 60.8 Å². The van der Waals surface area contributed by atoms with E-state index >= 15 is 0 Å². The van der Waals surface area contributed by atoms with Gasteiger partial charge in [0.2, 0.25) is 0 Å². The summed E-state index contributed by atoms with van der Waals surface area (Å²) in [5.41, 5.74) is 5.36. The number of allylic oxidation sites excluding steroid dienone is 10. The Kier molecular flexibility index (Phi) is 39.0. The van der Waals surface area contributed by atoms with E-state index in [0.717, 1.165) is 77.0 Å². The minimum atomic E-state index is -4.28. The lowest BCUT2D eigenvalue weighted by molar-refractivity contribution is -0.154. The van der Waals surface area contributed by atoms with Crippen LogP contribution in [-0.2, 0) is 27.9 Å². The fourth-order valence-electron chi connectivity index (χ4n) is 5.39. The molecular weight excluding hydrogens is 673 g/mol. The number of hydrogen-bond donors (Lipinski definition) is 2. The van der Waals surface area contributed by atoms with Gasteiger partial charge < -0.3 is 20.1 Å². The molecule has 3 N–H and O–H groups in total. The predicted octanol–water partition coefficient (Wildman–Crippen LogP) is 12.2. The van der Waals surface area contributed by atoms with Crippen LogP contribution in [0.1, 0.15) is 168 Å². The van der Waals surface area contributed by atoms with Crippen molar-refractivity contribution in [2.75, 3.05) is 33.0 Å². The largest absolute Gasteiger partial charge is 0.472 e. The summed E-state index contributed by atoms with van der Waals surface area (Å²) in [4.78, 5) is 22.4. The van der Waals surface area contributed by atoms with Crippen molar-refractivity contribution < 1.29 is 32.8 Å². The molecule has 0 spiro atoms. The zero-order valence-electron chi connectivity index (χ0n) is 33.3. The second-order valence-corrected chi connectivity index (χ2v) is 14.9. The molecule has 0 aliphatic rings. The number of carbonyl (C=O) groups excluding carboxylic acids is 1. The summed E-state index contributed by atoms with van der Waals surface area (Å²) in [6.45, 7) is 4.74. The van der Waals surface area contributed by atoms with Crippen molar-refractivity contribution >= 4 is 13.8 Å². The summed E-state index contributed by atoms with van der Waals surface area (Å²) >= 11 is 0. The maximum Gasteiger partial charge on any atom is 0.472 e. The number of rotatable bonds is 39. The lowest BCUT2D eigenvalue weighted by atomic mass is 10.1. The number of hydrogen-bond acceptors (Lipinski definition) is 7. The van der Waals surface area contributed by atoms with Gasteiger partial charge >= 0.3 is 13.8 Å². The molecule has 8 nitrogen and oxygen atoms in total. The first kappa shape index (κ1) is 50.2. The van der Waals surface area contributed by atoms with Crippen LogP contribution in [0.3, 0.4) is 0 Å². The van der Waals surface area contributed by atoms with Gasteiger partial charge in [0.25, 0.3) is 0 Å². The summed E-state index contributed by atoms with van der Waals surface area (Å²) in [5.74, 6) is -0.352. The molecule has 0 heterocycles. The van der Waals surface area contributed by atoms with Gasteiger partial charge in [0.1, 0.15) is 6.10 Å². The molecule has 0 radical (unpaired) electrons. The first-order valence-electron chi connectivity index (χ1n) is 20.8. The molecule has 52 heavy (non-hydrogen) atoms. The average molecular weight is 752 g/mol. The van der Waals surface area contributed by atoms with Crippen LogP contribution in [-0.4, -0.2) is 49.9 Å². The lowest BCUT2D eigenvalue weighted by Crippen LogP contribution is -2.28. The van der Waals surface area contributed by atoms with Gasteiger partial charge in [-0.15, -0.1) is 0 Å². The second kappa shape index (κ2) is 40.4. The van der Waals surface area contributed by atoms with Gasteiger partial charge in [0.05, 0.1) is 19.8 Å². The molecule has 0 bridgehead atoms. The minimum absolute atomic E-state index is 0.0936. The molecule has 0 saturated carbocycles. The third kappa shape index (κ3) is 39.4. The number of nitrogens with two attached hydrogens (primary N) is 1. The van der Waals surface area contributed by atoms with Crippen LogP contribution >= 0.6 is 7.82 Å². The van der Waals surface area contributed by atoms with E-state index in [1.165, 1.54) is 70.6 Å². The molecular formula is C43H78NO7P. The maximum atomic E-state index is 12.6. The highest BCUT2D eigenvalue weighted by atomic mass is 31.2. The Hall–Kier alpha value is -1.80. The molecule has 0 aromatic carbocycles. The molecule has 2 unspecified atom stereocenters. The highest BCUT2D eigenvalue weighted by Gasteiger charge is 2.25. The van der Waals surface area contributed by atoms with Gasteiger partial charge in [-0.25, -0.2) is 4.57 Å². The number of esters is 1. The van der Waals surface area contributed by atoms with E-state index in [4.69, 9.17) is 24.3 Å². The van der Waals surface area contributed by atoms with Gasteiger partial charge in [0, 0.05) is 19.6 Å². The highest BCUT2D eigenvalue weighted by Crippen LogP contribution is 2.43. The van der Waals surface area contributed by atoms with Crippen LogP contribution in [0.15, 0.2) is 60.8 Å². The third-order valence-corrected chi connectivity index (χ3v) is 9.40. The van der Waals surface area contributed by atoms with Crippen LogP contribution in [0.2, 0.25) is 0 Å². The minimum Gasteiger partial charge on any atom is -0.457 e. The first-order chi connectivity index (χ1) is 25.4. The Morgan fingerprint density at radius 3 is 1.62 bits per heavy atom. The molecule has 0 saturated heterocycles. The zero-order valence-corrected chi connectivity index (χ0v) is 34.2. The number of phosphoric ester groups is 1. The number of phosphoric acid groups is 1. The highest BCUT2D eigenvalue weighted by molar-refractivity contribution is 7.47. The molecule has 0 rings (SSSR count). The first-order valence-corrected chi connectivity index (χ1v) is 22.3. The van der Waals surface area contributed by atoms with Crippen LogP contribution in [0, 0.1) is 0 Å². The van der Waals surface area contributed by atoms with Crippen molar-refractivity contribution in [3.63, 3.8) is 0 Å².